The van der Waals surface area contributed by atoms with Gasteiger partial charge in [0.25, 0.3) is 0 Å². The van der Waals surface area contributed by atoms with Gasteiger partial charge < -0.3 is 14.7 Å². The lowest BCUT2D eigenvalue weighted by Gasteiger charge is -2.30. The molecule has 0 spiro atoms. The fourth-order valence-corrected chi connectivity index (χ4v) is 8.43. The van der Waals surface area contributed by atoms with Crippen LogP contribution in [0.4, 0.5) is 51.2 Å². The molecule has 7 rings (SSSR count). The minimum atomic E-state index is 0.477. The molecule has 7 aromatic rings. The van der Waals surface area contributed by atoms with E-state index in [9.17, 15) is 0 Å². The number of unbranched alkanes of at least 4 members (excludes halogenated alkanes) is 2. The molecule has 1 unspecified atom stereocenters. The average molecular weight is 832 g/mol. The highest BCUT2D eigenvalue weighted by Gasteiger charge is 2.19. The Labute approximate surface area is 380 Å². The van der Waals surface area contributed by atoms with Crippen LogP contribution in [0.15, 0.2) is 170 Å². The van der Waals surface area contributed by atoms with Crippen molar-refractivity contribution in [1.82, 2.24) is 0 Å². The molecule has 3 heteroatoms. The van der Waals surface area contributed by atoms with Gasteiger partial charge >= 0.3 is 0 Å². The highest BCUT2D eigenvalue weighted by atomic mass is 15.2. The van der Waals surface area contributed by atoms with E-state index >= 15 is 0 Å². The van der Waals surface area contributed by atoms with Crippen molar-refractivity contribution in [3.05, 3.63) is 198 Å². The van der Waals surface area contributed by atoms with Gasteiger partial charge in [0.15, 0.2) is 0 Å². The van der Waals surface area contributed by atoms with E-state index in [0.717, 1.165) is 70.4 Å². The van der Waals surface area contributed by atoms with E-state index in [4.69, 9.17) is 0 Å². The van der Waals surface area contributed by atoms with Gasteiger partial charge in [-0.25, -0.2) is 0 Å². The molecule has 0 bridgehead atoms. The number of anilines is 9. The Morgan fingerprint density at radius 2 is 0.524 bits per heavy atom. The number of rotatable bonds is 19. The third kappa shape index (κ3) is 10.9. The molecular weight excluding hydrogens is 763 g/mol. The summed E-state index contributed by atoms with van der Waals surface area (Å²) >= 11 is 0. The summed E-state index contributed by atoms with van der Waals surface area (Å²) in [5.41, 5.74) is 17.1. The molecule has 63 heavy (non-hydrogen) atoms. The maximum atomic E-state index is 2.39. The second-order valence-corrected chi connectivity index (χ2v) is 18.0. The van der Waals surface area contributed by atoms with Crippen LogP contribution in [-0.2, 0) is 12.8 Å². The molecule has 0 aliphatic heterocycles. The Hall–Kier alpha value is -6.06. The fraction of sp³-hybridized carbons (Fsp3) is 0.300. The van der Waals surface area contributed by atoms with Gasteiger partial charge in [-0.05, 0) is 187 Å². The predicted octanol–water partition coefficient (Wildman–Crippen LogP) is 18.5. The molecule has 0 radical (unpaired) electrons. The van der Waals surface area contributed by atoms with Crippen LogP contribution < -0.4 is 14.7 Å². The summed E-state index contributed by atoms with van der Waals surface area (Å²) in [5.74, 6) is 1.46. The SMILES string of the molecule is CCCCc1ccc(N(c2ccc(C(C)C)cc2)c2ccc(N(c3ccc(C(C)CC)cc3)c3ccc(N(c4ccc(CCCC)cc4)c4ccc(C(C)C)cc4)cc3)cc2)cc1. The third-order valence-corrected chi connectivity index (χ3v) is 12.7. The first-order chi connectivity index (χ1) is 30.7. The van der Waals surface area contributed by atoms with Crippen molar-refractivity contribution >= 4 is 51.2 Å². The standard InChI is InChI=1S/C60H69N3/c1-9-12-14-47-16-26-52(27-17-47)61(54-30-20-49(21-31-54)44(4)5)57-36-40-59(41-37-57)63(56-34-24-51(25-35-56)46(8)11-3)60-42-38-58(39-43-60)62(55-32-22-50(23-33-55)45(6)7)53-28-18-48(19-29-53)15-13-10-2/h16-46H,9-15H2,1-8H3. The lowest BCUT2D eigenvalue weighted by molar-refractivity contribution is 0.733. The van der Waals surface area contributed by atoms with Crippen molar-refractivity contribution in [3.63, 3.8) is 0 Å². The molecule has 3 nitrogen and oxygen atoms in total. The summed E-state index contributed by atoms with van der Waals surface area (Å²) < 4.78 is 0. The van der Waals surface area contributed by atoms with Gasteiger partial charge in [0.1, 0.15) is 0 Å². The van der Waals surface area contributed by atoms with Crippen LogP contribution in [0.5, 0.6) is 0 Å². The van der Waals surface area contributed by atoms with Crippen LogP contribution in [0.2, 0.25) is 0 Å². The Morgan fingerprint density at radius 1 is 0.302 bits per heavy atom. The molecule has 0 aromatic heterocycles. The molecule has 0 amide bonds. The van der Waals surface area contributed by atoms with Crippen molar-refractivity contribution < 1.29 is 0 Å². The van der Waals surface area contributed by atoms with Gasteiger partial charge in [-0.1, -0.05) is 129 Å². The zero-order chi connectivity index (χ0) is 44.3. The van der Waals surface area contributed by atoms with Crippen molar-refractivity contribution in [2.24, 2.45) is 0 Å². The minimum absolute atomic E-state index is 0.477. The second-order valence-electron chi connectivity index (χ2n) is 18.0. The lowest BCUT2D eigenvalue weighted by atomic mass is 9.98. The van der Waals surface area contributed by atoms with E-state index < -0.39 is 0 Å². The smallest absolute Gasteiger partial charge is 0.0463 e. The normalized spacial score (nSPS) is 11.8. The number of hydrogen-bond donors (Lipinski definition) is 0. The summed E-state index contributed by atoms with van der Waals surface area (Å²) in [6, 6.07) is 63.9. The quantitative estimate of drug-likeness (QED) is 0.0804. The van der Waals surface area contributed by atoms with Crippen LogP contribution in [0.1, 0.15) is 133 Å². The van der Waals surface area contributed by atoms with Crippen molar-refractivity contribution in [1.29, 1.82) is 0 Å². The van der Waals surface area contributed by atoms with Gasteiger partial charge in [-0.15, -0.1) is 0 Å². The number of hydrogen-bond acceptors (Lipinski definition) is 3. The van der Waals surface area contributed by atoms with E-state index in [1.54, 1.807) is 0 Å². The maximum Gasteiger partial charge on any atom is 0.0463 e. The molecule has 0 N–H and O–H groups in total. The van der Waals surface area contributed by atoms with Crippen LogP contribution >= 0.6 is 0 Å². The zero-order valence-corrected chi connectivity index (χ0v) is 39.2. The first-order valence-corrected chi connectivity index (χ1v) is 23.8. The third-order valence-electron chi connectivity index (χ3n) is 12.7. The second kappa shape index (κ2) is 21.3. The van der Waals surface area contributed by atoms with Gasteiger partial charge in [0.2, 0.25) is 0 Å². The molecule has 0 fully saturated rings. The number of nitrogens with zero attached hydrogens (tertiary/aromatic N) is 3. The van der Waals surface area contributed by atoms with Crippen LogP contribution in [0, 0.1) is 0 Å². The van der Waals surface area contributed by atoms with Crippen molar-refractivity contribution in [2.45, 2.75) is 118 Å². The number of aryl methyl sites for hydroxylation is 2. The Bertz CT molecular complexity index is 2280. The molecule has 0 aliphatic carbocycles. The monoisotopic (exact) mass is 832 g/mol. The molecule has 0 saturated carbocycles. The highest BCUT2D eigenvalue weighted by Crippen LogP contribution is 2.42. The van der Waals surface area contributed by atoms with Crippen molar-refractivity contribution in [2.75, 3.05) is 14.7 Å². The molecular formula is C60H69N3. The molecule has 0 heterocycles. The van der Waals surface area contributed by atoms with Gasteiger partial charge in [0, 0.05) is 51.2 Å². The molecule has 0 saturated heterocycles. The highest BCUT2D eigenvalue weighted by molar-refractivity contribution is 5.83. The molecule has 7 aromatic carbocycles. The molecule has 1 atom stereocenters. The first kappa shape index (κ1) is 45.0. The van der Waals surface area contributed by atoms with Gasteiger partial charge in [0.05, 0.1) is 0 Å². The minimum Gasteiger partial charge on any atom is -0.311 e. The Kier molecular flexibility index (Phi) is 15.2. The lowest BCUT2D eigenvalue weighted by Crippen LogP contribution is -2.13. The van der Waals surface area contributed by atoms with Crippen LogP contribution in [0.3, 0.4) is 0 Å². The van der Waals surface area contributed by atoms with E-state index in [2.05, 4.69) is 240 Å². The zero-order valence-electron chi connectivity index (χ0n) is 39.2. The molecule has 324 valence electrons. The first-order valence-electron chi connectivity index (χ1n) is 23.8. The van der Waals surface area contributed by atoms with E-state index in [1.165, 1.54) is 53.5 Å². The summed E-state index contributed by atoms with van der Waals surface area (Å²) in [5, 5.41) is 0. The van der Waals surface area contributed by atoms with Gasteiger partial charge in [-0.3, -0.25) is 0 Å². The average Bonchev–Trinajstić information content (AvgIpc) is 3.32. The maximum absolute atomic E-state index is 2.39. The topological polar surface area (TPSA) is 9.72 Å². The summed E-state index contributed by atoms with van der Waals surface area (Å²) in [7, 11) is 0. The van der Waals surface area contributed by atoms with Crippen LogP contribution in [0.25, 0.3) is 0 Å². The summed E-state index contributed by atoms with van der Waals surface area (Å²) in [6.45, 7) is 18.1. The van der Waals surface area contributed by atoms with E-state index in [-0.39, 0.29) is 0 Å². The number of benzene rings is 7. The predicted molar refractivity (Wildman–Crippen MR) is 275 cm³/mol. The Morgan fingerprint density at radius 3 is 0.746 bits per heavy atom. The van der Waals surface area contributed by atoms with Gasteiger partial charge in [-0.2, -0.15) is 0 Å². The van der Waals surface area contributed by atoms with Crippen LogP contribution in [-0.4, -0.2) is 0 Å². The fourth-order valence-electron chi connectivity index (χ4n) is 8.43. The molecule has 0 aliphatic rings. The van der Waals surface area contributed by atoms with E-state index in [0.29, 0.717) is 17.8 Å². The van der Waals surface area contributed by atoms with Crippen molar-refractivity contribution in [3.8, 4) is 0 Å². The largest absolute Gasteiger partial charge is 0.311 e. The Balaban J connectivity index is 1.27. The summed E-state index contributed by atoms with van der Waals surface area (Å²) in [6.07, 6.45) is 8.15. The summed E-state index contributed by atoms with van der Waals surface area (Å²) in [4.78, 5) is 7.16. The van der Waals surface area contributed by atoms with E-state index in [1.807, 2.05) is 0 Å².